The van der Waals surface area contributed by atoms with Crippen molar-refractivity contribution in [2.75, 3.05) is 19.8 Å². The lowest BCUT2D eigenvalue weighted by Gasteiger charge is -2.18. The fourth-order valence-electron chi connectivity index (χ4n) is 6.32. The lowest BCUT2D eigenvalue weighted by atomic mass is 10.1. The topological polar surface area (TPSA) is 61.8 Å². The molecule has 0 radical (unpaired) electrons. The number of carbonyl (C=O) groups excluding carboxylic acids is 2. The molecule has 1 unspecified atom stereocenters. The molecule has 0 N–H and O–H groups in total. The first-order valence-corrected chi connectivity index (χ1v) is 26.0. The summed E-state index contributed by atoms with van der Waals surface area (Å²) in [7, 11) is 0. The van der Waals surface area contributed by atoms with Gasteiger partial charge in [-0.15, -0.1) is 0 Å². The van der Waals surface area contributed by atoms with E-state index in [2.05, 4.69) is 179 Å². The van der Waals surface area contributed by atoms with Gasteiger partial charge < -0.3 is 14.2 Å². The van der Waals surface area contributed by atoms with Crippen molar-refractivity contribution in [2.45, 2.75) is 194 Å². The molecule has 0 amide bonds. The highest BCUT2D eigenvalue weighted by Crippen LogP contribution is 2.11. The van der Waals surface area contributed by atoms with E-state index in [-0.39, 0.29) is 25.2 Å². The Morgan fingerprint density at radius 2 is 0.636 bits per heavy atom. The average Bonchev–Trinajstić information content (AvgIpc) is 3.32. The maximum absolute atomic E-state index is 12.8. The molecule has 5 nitrogen and oxygen atoms in total. The van der Waals surface area contributed by atoms with E-state index in [9.17, 15) is 9.59 Å². The quantitative estimate of drug-likeness (QED) is 0.0346. The van der Waals surface area contributed by atoms with Crippen LogP contribution in [0.5, 0.6) is 0 Å². The van der Waals surface area contributed by atoms with E-state index in [1.807, 2.05) is 0 Å². The first-order chi connectivity index (χ1) is 32.6. The Balaban J connectivity index is 4.51. The molecule has 0 bridgehead atoms. The van der Waals surface area contributed by atoms with Crippen LogP contribution in [0.2, 0.25) is 0 Å². The fourth-order valence-corrected chi connectivity index (χ4v) is 6.32. The second-order valence-electron chi connectivity index (χ2n) is 16.3. The first kappa shape index (κ1) is 61.5. The number of ether oxygens (including phenoxy) is 3. The van der Waals surface area contributed by atoms with E-state index in [1.165, 1.54) is 6.42 Å². The van der Waals surface area contributed by atoms with Crippen molar-refractivity contribution >= 4 is 11.9 Å². The summed E-state index contributed by atoms with van der Waals surface area (Å²) in [6.07, 6.45) is 81.3. The minimum atomic E-state index is -0.612. The lowest BCUT2D eigenvalue weighted by Crippen LogP contribution is -2.30. The van der Waals surface area contributed by atoms with Gasteiger partial charge in [0.05, 0.1) is 13.2 Å². The van der Waals surface area contributed by atoms with Crippen LogP contribution in [-0.2, 0) is 23.8 Å². The Kier molecular flexibility index (Phi) is 51.1. The second-order valence-corrected chi connectivity index (χ2v) is 16.3. The van der Waals surface area contributed by atoms with Gasteiger partial charge in [-0.2, -0.15) is 0 Å². The van der Waals surface area contributed by atoms with Crippen molar-refractivity contribution in [1.29, 1.82) is 0 Å². The van der Waals surface area contributed by atoms with Crippen molar-refractivity contribution in [2.24, 2.45) is 0 Å². The van der Waals surface area contributed by atoms with E-state index in [0.29, 0.717) is 19.4 Å². The molecule has 0 saturated heterocycles. The summed E-state index contributed by atoms with van der Waals surface area (Å²) < 4.78 is 17.3. The number of unbranched alkanes of at least 4 members (excludes halogenated alkanes) is 8. The molecule has 0 saturated carbocycles. The molecule has 66 heavy (non-hydrogen) atoms. The predicted molar refractivity (Wildman–Crippen MR) is 288 cm³/mol. The minimum Gasteiger partial charge on any atom is -0.462 e. The molecule has 0 aromatic carbocycles. The Morgan fingerprint density at radius 3 is 1.03 bits per heavy atom. The standard InChI is InChI=1S/C61H94O5/c1-4-7-10-13-16-19-22-25-28-30-31-32-34-36-39-42-45-48-51-54-60(62)65-58-59(57-64-56-53-50-47-44-41-38-35-29-26-23-20-17-14-11-8-5-2)66-61(63)55-52-49-46-43-40-37-33-27-24-21-18-15-12-9-6-3/h7-12,16-21,25-29,31-33,36,38-39,41,47,50,59H,4-6,13-15,22-24,30,34-35,37,40,42-46,48-49,51-58H2,1-3H3/b10-7-,11-8-,12-9-,19-16-,20-17-,21-18-,28-25-,29-26-,32-31-,33-27-,39-36-,41-38-,50-47-. The highest BCUT2D eigenvalue weighted by atomic mass is 16.6. The molecule has 1 atom stereocenters. The molecular formula is C61H94O5. The molecule has 0 aliphatic rings. The van der Waals surface area contributed by atoms with Crippen molar-refractivity contribution < 1.29 is 23.8 Å². The molecule has 0 aromatic rings. The second kappa shape index (κ2) is 54.9. The van der Waals surface area contributed by atoms with Crippen LogP contribution >= 0.6 is 0 Å². The Morgan fingerprint density at radius 1 is 0.333 bits per heavy atom. The SMILES string of the molecule is CC/C=C\C/C=C\C/C=C\C/C=C\C/C=C\CCCCCC(=O)OCC(COCC/C=C\C/C=C\C/C=C\C/C=C\C/C=C\CC)OC(=O)CCCCCCC/C=C\C/C=C\C/C=C\CC. The molecular weight excluding hydrogens is 813 g/mol. The van der Waals surface area contributed by atoms with Crippen molar-refractivity contribution in [3.63, 3.8) is 0 Å². The summed E-state index contributed by atoms with van der Waals surface area (Å²) >= 11 is 0. The molecule has 0 aliphatic heterocycles. The van der Waals surface area contributed by atoms with Crippen molar-refractivity contribution in [3.05, 3.63) is 158 Å². The van der Waals surface area contributed by atoms with Crippen LogP contribution in [0, 0.1) is 0 Å². The molecule has 0 heterocycles. The molecule has 5 heteroatoms. The number of hydrogen-bond donors (Lipinski definition) is 0. The molecule has 0 spiro atoms. The van der Waals surface area contributed by atoms with Gasteiger partial charge in [-0.3, -0.25) is 9.59 Å². The van der Waals surface area contributed by atoms with Crippen LogP contribution in [0.1, 0.15) is 188 Å². The summed E-state index contributed by atoms with van der Waals surface area (Å²) in [4.78, 5) is 25.4. The molecule has 368 valence electrons. The van der Waals surface area contributed by atoms with Gasteiger partial charge in [-0.05, 0) is 128 Å². The van der Waals surface area contributed by atoms with E-state index in [4.69, 9.17) is 14.2 Å². The highest BCUT2D eigenvalue weighted by molar-refractivity contribution is 5.70. The fraction of sp³-hybridized carbons (Fsp3) is 0.541. The summed E-state index contributed by atoms with van der Waals surface area (Å²) in [6.45, 7) is 7.19. The van der Waals surface area contributed by atoms with Crippen molar-refractivity contribution in [3.8, 4) is 0 Å². The van der Waals surface area contributed by atoms with Gasteiger partial charge in [0.2, 0.25) is 0 Å². The molecule has 0 aromatic heterocycles. The van der Waals surface area contributed by atoms with Gasteiger partial charge in [-0.1, -0.05) is 204 Å². The van der Waals surface area contributed by atoms with E-state index >= 15 is 0 Å². The Bertz CT molecular complexity index is 1490. The highest BCUT2D eigenvalue weighted by Gasteiger charge is 2.17. The number of esters is 2. The maximum Gasteiger partial charge on any atom is 0.306 e. The van der Waals surface area contributed by atoms with Gasteiger partial charge in [0, 0.05) is 12.8 Å². The zero-order valence-electron chi connectivity index (χ0n) is 42.1. The van der Waals surface area contributed by atoms with Crippen molar-refractivity contribution in [1.82, 2.24) is 0 Å². The monoisotopic (exact) mass is 907 g/mol. The number of allylic oxidation sites excluding steroid dienone is 25. The number of rotatable bonds is 45. The summed E-state index contributed by atoms with van der Waals surface area (Å²) in [6, 6.07) is 0. The van der Waals surface area contributed by atoms with Crippen LogP contribution in [0.4, 0.5) is 0 Å². The normalized spacial score (nSPS) is 13.6. The van der Waals surface area contributed by atoms with E-state index in [0.717, 1.165) is 148 Å². The summed E-state index contributed by atoms with van der Waals surface area (Å²) in [5.41, 5.74) is 0. The average molecular weight is 907 g/mol. The van der Waals surface area contributed by atoms with Gasteiger partial charge in [-0.25, -0.2) is 0 Å². The van der Waals surface area contributed by atoms with Crippen LogP contribution in [0.25, 0.3) is 0 Å². The third kappa shape index (κ3) is 52.1. The summed E-state index contributed by atoms with van der Waals surface area (Å²) in [5, 5.41) is 0. The van der Waals surface area contributed by atoms with Gasteiger partial charge >= 0.3 is 11.9 Å². The third-order valence-electron chi connectivity index (χ3n) is 10.1. The Hall–Kier alpha value is -4.48. The zero-order chi connectivity index (χ0) is 47.7. The smallest absolute Gasteiger partial charge is 0.306 e. The lowest BCUT2D eigenvalue weighted by molar-refractivity contribution is -0.162. The van der Waals surface area contributed by atoms with Gasteiger partial charge in [0.1, 0.15) is 6.61 Å². The predicted octanol–water partition coefficient (Wildman–Crippen LogP) is 17.9. The zero-order valence-corrected chi connectivity index (χ0v) is 42.1. The molecule has 0 fully saturated rings. The maximum atomic E-state index is 12.8. The Labute approximate surface area is 405 Å². The molecule has 0 rings (SSSR count). The van der Waals surface area contributed by atoms with Crippen LogP contribution < -0.4 is 0 Å². The summed E-state index contributed by atoms with van der Waals surface area (Å²) in [5.74, 6) is -0.510. The van der Waals surface area contributed by atoms with Gasteiger partial charge in [0.25, 0.3) is 0 Å². The van der Waals surface area contributed by atoms with Gasteiger partial charge in [0.15, 0.2) is 6.10 Å². The first-order valence-electron chi connectivity index (χ1n) is 26.0. The number of hydrogen-bond acceptors (Lipinski definition) is 5. The van der Waals surface area contributed by atoms with Crippen LogP contribution in [-0.4, -0.2) is 37.9 Å². The minimum absolute atomic E-state index is 0.0193. The van der Waals surface area contributed by atoms with Crippen LogP contribution in [0.3, 0.4) is 0 Å². The van der Waals surface area contributed by atoms with Crippen LogP contribution in [0.15, 0.2) is 158 Å². The largest absolute Gasteiger partial charge is 0.462 e. The third-order valence-corrected chi connectivity index (χ3v) is 10.1. The molecule has 0 aliphatic carbocycles. The number of carbonyl (C=O) groups is 2. The van der Waals surface area contributed by atoms with E-state index in [1.54, 1.807) is 0 Å². The van der Waals surface area contributed by atoms with E-state index < -0.39 is 6.10 Å².